The number of rotatable bonds is 5. The molecule has 0 heterocycles. The predicted molar refractivity (Wildman–Crippen MR) is 76.3 cm³/mol. The van der Waals surface area contributed by atoms with Crippen molar-refractivity contribution in [1.29, 1.82) is 0 Å². The third-order valence-electron chi connectivity index (χ3n) is 2.62. The first-order valence-electron chi connectivity index (χ1n) is 5.36. The summed E-state index contributed by atoms with van der Waals surface area (Å²) < 4.78 is 25.7. The van der Waals surface area contributed by atoms with Crippen molar-refractivity contribution in [1.82, 2.24) is 0 Å². The minimum Gasteiger partial charge on any atom is -0.508 e. The quantitative estimate of drug-likeness (QED) is 0.796. The van der Waals surface area contributed by atoms with Crippen molar-refractivity contribution >= 4 is 32.9 Å². The smallest absolute Gasteiger partial charge is 0.244 e. The van der Waals surface area contributed by atoms with Gasteiger partial charge >= 0.3 is 0 Å². The number of aromatic hydroxyl groups is 1. The van der Waals surface area contributed by atoms with E-state index in [0.29, 0.717) is 12.1 Å². The molecule has 100 valence electrons. The number of anilines is 1. The number of thiocarbonyl (C=S) groups is 1. The lowest BCUT2D eigenvalue weighted by Gasteiger charge is -2.24. The summed E-state index contributed by atoms with van der Waals surface area (Å²) in [5, 5.41) is 8.46. The van der Waals surface area contributed by atoms with Gasteiger partial charge in [-0.25, -0.2) is 8.42 Å². The zero-order valence-electron chi connectivity index (χ0n) is 10.2. The summed E-state index contributed by atoms with van der Waals surface area (Å²) in [5.74, 6) is -0.00192. The average Bonchev–Trinajstić information content (AvgIpc) is 2.27. The number of benzene rings is 1. The zero-order chi connectivity index (χ0) is 13.9. The van der Waals surface area contributed by atoms with Crippen molar-refractivity contribution in [3.05, 3.63) is 24.3 Å². The van der Waals surface area contributed by atoms with E-state index in [-0.39, 0.29) is 10.7 Å². The fourth-order valence-electron chi connectivity index (χ4n) is 1.59. The van der Waals surface area contributed by atoms with Gasteiger partial charge in [-0.1, -0.05) is 25.2 Å². The van der Waals surface area contributed by atoms with Crippen LogP contribution in [0.5, 0.6) is 5.75 Å². The van der Waals surface area contributed by atoms with Crippen LogP contribution in [-0.4, -0.2) is 30.8 Å². The van der Waals surface area contributed by atoms with Crippen LogP contribution in [0.3, 0.4) is 0 Å². The van der Waals surface area contributed by atoms with Crippen LogP contribution in [0.25, 0.3) is 0 Å². The minimum absolute atomic E-state index is 0.00192. The number of hydrogen-bond acceptors (Lipinski definition) is 4. The summed E-state index contributed by atoms with van der Waals surface area (Å²) >= 11 is 4.78. The summed E-state index contributed by atoms with van der Waals surface area (Å²) in [6.07, 6.45) is 0.306. The van der Waals surface area contributed by atoms with E-state index >= 15 is 0 Å². The van der Waals surface area contributed by atoms with Crippen molar-refractivity contribution in [2.45, 2.75) is 18.6 Å². The van der Waals surface area contributed by atoms with E-state index in [2.05, 4.69) is 0 Å². The highest BCUT2D eigenvalue weighted by atomic mass is 32.2. The molecule has 18 heavy (non-hydrogen) atoms. The monoisotopic (exact) mass is 288 g/mol. The Balaban J connectivity index is 3.16. The summed E-state index contributed by atoms with van der Waals surface area (Å²) in [5.41, 5.74) is 5.82. The molecular formula is C11H16N2O3S2. The molecule has 7 heteroatoms. The van der Waals surface area contributed by atoms with Gasteiger partial charge in [0.1, 0.15) is 11.0 Å². The molecule has 3 N–H and O–H groups in total. The molecular weight excluding hydrogens is 272 g/mol. The fourth-order valence-corrected chi connectivity index (χ4v) is 3.62. The Labute approximate surface area is 112 Å². The normalized spacial score (nSPS) is 13.0. The van der Waals surface area contributed by atoms with Gasteiger partial charge in [-0.15, -0.1) is 0 Å². The molecule has 0 bridgehead atoms. The number of sulfonamides is 1. The van der Waals surface area contributed by atoms with Crippen molar-refractivity contribution < 1.29 is 13.5 Å². The topological polar surface area (TPSA) is 83.6 Å². The molecule has 1 aromatic carbocycles. The summed E-state index contributed by atoms with van der Waals surface area (Å²) in [4.78, 5) is -0.0514. The molecule has 0 aliphatic carbocycles. The van der Waals surface area contributed by atoms with E-state index in [1.54, 1.807) is 19.1 Å². The maximum absolute atomic E-state index is 12.3. The van der Waals surface area contributed by atoms with Crippen LogP contribution in [-0.2, 0) is 10.0 Å². The van der Waals surface area contributed by atoms with Gasteiger partial charge in [0.2, 0.25) is 10.0 Å². The van der Waals surface area contributed by atoms with Crippen LogP contribution >= 0.6 is 12.2 Å². The lowest BCUT2D eigenvalue weighted by molar-refractivity contribution is 0.475. The lowest BCUT2D eigenvalue weighted by Crippen LogP contribution is -2.42. The molecule has 0 aliphatic rings. The number of hydrogen-bond donors (Lipinski definition) is 2. The van der Waals surface area contributed by atoms with Gasteiger partial charge < -0.3 is 10.8 Å². The van der Waals surface area contributed by atoms with Crippen molar-refractivity contribution in [3.8, 4) is 5.75 Å². The van der Waals surface area contributed by atoms with Gasteiger partial charge in [-0.3, -0.25) is 4.31 Å². The number of nitrogens with zero attached hydrogens (tertiary/aromatic N) is 1. The fraction of sp³-hybridized carbons (Fsp3) is 0.364. The Morgan fingerprint density at radius 1 is 1.56 bits per heavy atom. The molecule has 0 spiro atoms. The Morgan fingerprint density at radius 2 is 2.17 bits per heavy atom. The van der Waals surface area contributed by atoms with Crippen molar-refractivity contribution in [2.75, 3.05) is 11.4 Å². The molecule has 0 amide bonds. The highest BCUT2D eigenvalue weighted by molar-refractivity contribution is 7.95. The highest BCUT2D eigenvalue weighted by Gasteiger charge is 2.30. The highest BCUT2D eigenvalue weighted by Crippen LogP contribution is 2.23. The van der Waals surface area contributed by atoms with E-state index in [9.17, 15) is 13.5 Å². The number of nitrogens with two attached hydrogens (primary N) is 1. The SMILES string of the molecule is CCC(C(N)=S)S(=O)(=O)N(C)c1cccc(O)c1. The Kier molecular flexibility index (Phi) is 4.53. The molecule has 0 saturated carbocycles. The summed E-state index contributed by atoms with van der Waals surface area (Å²) in [6.45, 7) is 1.71. The van der Waals surface area contributed by atoms with E-state index in [1.165, 1.54) is 19.2 Å². The third-order valence-corrected chi connectivity index (χ3v) is 5.34. The van der Waals surface area contributed by atoms with Crippen LogP contribution in [0.2, 0.25) is 0 Å². The molecule has 5 nitrogen and oxygen atoms in total. The second-order valence-corrected chi connectivity index (χ2v) is 6.45. The molecule has 0 radical (unpaired) electrons. The van der Waals surface area contributed by atoms with Gasteiger partial charge in [0.15, 0.2) is 0 Å². The van der Waals surface area contributed by atoms with Gasteiger partial charge in [-0.05, 0) is 18.6 Å². The molecule has 1 atom stereocenters. The minimum atomic E-state index is -3.66. The summed E-state index contributed by atoms with van der Waals surface area (Å²) in [6, 6.07) is 5.99. The molecule has 1 aromatic rings. The second-order valence-electron chi connectivity index (χ2n) is 3.83. The Bertz CT molecular complexity index is 543. The molecule has 0 saturated heterocycles. The van der Waals surface area contributed by atoms with Crippen molar-refractivity contribution in [2.24, 2.45) is 5.73 Å². The number of phenolic OH excluding ortho intramolecular Hbond substituents is 1. The molecule has 0 fully saturated rings. The largest absolute Gasteiger partial charge is 0.508 e. The average molecular weight is 288 g/mol. The molecule has 0 aliphatic heterocycles. The van der Waals surface area contributed by atoms with Gasteiger partial charge in [0.05, 0.1) is 10.7 Å². The van der Waals surface area contributed by atoms with Crippen LogP contribution in [0.4, 0.5) is 5.69 Å². The van der Waals surface area contributed by atoms with Crippen molar-refractivity contribution in [3.63, 3.8) is 0 Å². The van der Waals surface area contributed by atoms with Crippen LogP contribution in [0.1, 0.15) is 13.3 Å². The third kappa shape index (κ3) is 2.91. The van der Waals surface area contributed by atoms with Gasteiger partial charge in [0.25, 0.3) is 0 Å². The lowest BCUT2D eigenvalue weighted by atomic mass is 10.3. The van der Waals surface area contributed by atoms with Crippen LogP contribution in [0.15, 0.2) is 24.3 Å². The van der Waals surface area contributed by atoms with E-state index < -0.39 is 15.3 Å². The predicted octanol–water partition coefficient (Wildman–Crippen LogP) is 1.22. The Hall–Kier alpha value is -1.34. The maximum atomic E-state index is 12.3. The first kappa shape index (κ1) is 14.7. The molecule has 1 unspecified atom stereocenters. The van der Waals surface area contributed by atoms with E-state index in [0.717, 1.165) is 4.31 Å². The first-order chi connectivity index (χ1) is 8.30. The van der Waals surface area contributed by atoms with Crippen LogP contribution in [0, 0.1) is 0 Å². The standard InChI is InChI=1S/C11H16N2O3S2/c1-3-10(11(12)17)18(15,16)13(2)8-5-4-6-9(14)7-8/h4-7,10,14H,3H2,1-2H3,(H2,12,17). The van der Waals surface area contributed by atoms with E-state index in [1.807, 2.05) is 0 Å². The zero-order valence-corrected chi connectivity index (χ0v) is 11.8. The first-order valence-corrected chi connectivity index (χ1v) is 7.28. The van der Waals surface area contributed by atoms with Gasteiger partial charge in [0, 0.05) is 13.1 Å². The van der Waals surface area contributed by atoms with Gasteiger partial charge in [-0.2, -0.15) is 0 Å². The van der Waals surface area contributed by atoms with Crippen LogP contribution < -0.4 is 10.0 Å². The summed E-state index contributed by atoms with van der Waals surface area (Å²) in [7, 11) is -2.26. The molecule has 1 rings (SSSR count). The Morgan fingerprint density at radius 3 is 2.61 bits per heavy atom. The van der Waals surface area contributed by atoms with E-state index in [4.69, 9.17) is 18.0 Å². The number of phenols is 1. The molecule has 0 aromatic heterocycles. The second kappa shape index (κ2) is 5.53. The maximum Gasteiger partial charge on any atom is 0.244 e.